The molecule has 3 aromatic heterocycles. The fourth-order valence-electron chi connectivity index (χ4n) is 3.92. The van der Waals surface area contributed by atoms with Gasteiger partial charge >= 0.3 is 0 Å². The third kappa shape index (κ3) is 3.79. The standard InChI is InChI=1S/C26H23N5O3/c1-15-9-11-18(12-10-15)31-23(14-21(29-31)19-7-5-6-8-22(19)33-4)28-25(32)20-13-16(2)27-26-24(20)17(3)30-34-26/h5-14H,1-4H3,(H,28,32). The number of amides is 1. The van der Waals surface area contributed by atoms with E-state index in [4.69, 9.17) is 14.4 Å². The number of anilines is 1. The van der Waals surface area contributed by atoms with Gasteiger partial charge in [0.2, 0.25) is 0 Å². The van der Waals surface area contributed by atoms with Crippen molar-refractivity contribution >= 4 is 22.8 Å². The fraction of sp³-hybridized carbons (Fsp3) is 0.154. The monoisotopic (exact) mass is 453 g/mol. The molecule has 0 spiro atoms. The lowest BCUT2D eigenvalue weighted by atomic mass is 10.1. The van der Waals surface area contributed by atoms with E-state index in [1.54, 1.807) is 24.8 Å². The Morgan fingerprint density at radius 3 is 2.56 bits per heavy atom. The summed E-state index contributed by atoms with van der Waals surface area (Å²) in [6.45, 7) is 5.62. The minimum Gasteiger partial charge on any atom is -0.496 e. The molecule has 5 rings (SSSR count). The predicted molar refractivity (Wildman–Crippen MR) is 130 cm³/mol. The van der Waals surface area contributed by atoms with Crippen molar-refractivity contribution in [3.05, 3.63) is 83.2 Å². The first-order valence-corrected chi connectivity index (χ1v) is 10.8. The summed E-state index contributed by atoms with van der Waals surface area (Å²) in [5.41, 5.74) is 5.49. The van der Waals surface area contributed by atoms with Crippen molar-refractivity contribution < 1.29 is 14.1 Å². The van der Waals surface area contributed by atoms with Crippen LogP contribution in [0, 0.1) is 20.8 Å². The third-order valence-electron chi connectivity index (χ3n) is 5.60. The number of benzene rings is 2. The van der Waals surface area contributed by atoms with E-state index in [-0.39, 0.29) is 5.91 Å². The highest BCUT2D eigenvalue weighted by Gasteiger charge is 2.21. The molecule has 0 fully saturated rings. The number of para-hydroxylation sites is 1. The number of carbonyl (C=O) groups excluding carboxylic acids is 1. The fourth-order valence-corrected chi connectivity index (χ4v) is 3.92. The first-order chi connectivity index (χ1) is 16.4. The van der Waals surface area contributed by atoms with Crippen molar-refractivity contribution in [2.75, 3.05) is 12.4 Å². The summed E-state index contributed by atoms with van der Waals surface area (Å²) in [6, 6.07) is 19.1. The number of aryl methyl sites for hydroxylation is 3. The zero-order chi connectivity index (χ0) is 23.8. The maximum absolute atomic E-state index is 13.5. The van der Waals surface area contributed by atoms with Gasteiger partial charge in [-0.15, -0.1) is 0 Å². The molecule has 0 saturated carbocycles. The number of methoxy groups -OCH3 is 1. The molecule has 8 heteroatoms. The molecular weight excluding hydrogens is 430 g/mol. The van der Waals surface area contributed by atoms with E-state index in [0.29, 0.717) is 45.3 Å². The second-order valence-electron chi connectivity index (χ2n) is 8.08. The molecule has 3 heterocycles. The lowest BCUT2D eigenvalue weighted by Crippen LogP contribution is -2.16. The van der Waals surface area contributed by atoms with Crippen LogP contribution in [0.3, 0.4) is 0 Å². The van der Waals surface area contributed by atoms with E-state index in [1.807, 2.05) is 68.4 Å². The van der Waals surface area contributed by atoms with Crippen molar-refractivity contribution in [1.82, 2.24) is 19.9 Å². The number of rotatable bonds is 5. The summed E-state index contributed by atoms with van der Waals surface area (Å²) in [7, 11) is 1.62. The lowest BCUT2D eigenvalue weighted by Gasteiger charge is -2.10. The van der Waals surface area contributed by atoms with Crippen LogP contribution in [0.15, 0.2) is 65.2 Å². The van der Waals surface area contributed by atoms with Gasteiger partial charge in [-0.2, -0.15) is 5.10 Å². The molecular formula is C26H23N5O3. The number of hydrogen-bond donors (Lipinski definition) is 1. The molecule has 0 bridgehead atoms. The summed E-state index contributed by atoms with van der Waals surface area (Å²) in [5.74, 6) is 0.911. The minimum absolute atomic E-state index is 0.304. The summed E-state index contributed by atoms with van der Waals surface area (Å²) in [6.07, 6.45) is 0. The summed E-state index contributed by atoms with van der Waals surface area (Å²) in [4.78, 5) is 17.8. The Labute approximate surface area is 196 Å². The largest absolute Gasteiger partial charge is 0.496 e. The van der Waals surface area contributed by atoms with Crippen LogP contribution < -0.4 is 10.1 Å². The van der Waals surface area contributed by atoms with E-state index in [2.05, 4.69) is 15.5 Å². The molecule has 0 saturated heterocycles. The van der Waals surface area contributed by atoms with Crippen molar-refractivity contribution in [3.63, 3.8) is 0 Å². The van der Waals surface area contributed by atoms with Crippen LogP contribution >= 0.6 is 0 Å². The van der Waals surface area contributed by atoms with Crippen LogP contribution in [0.5, 0.6) is 5.75 Å². The van der Waals surface area contributed by atoms with Gasteiger partial charge < -0.3 is 14.6 Å². The molecule has 0 radical (unpaired) electrons. The third-order valence-corrected chi connectivity index (χ3v) is 5.60. The highest BCUT2D eigenvalue weighted by molar-refractivity contribution is 6.12. The molecule has 5 aromatic rings. The van der Waals surface area contributed by atoms with Gasteiger partial charge in [0.1, 0.15) is 11.6 Å². The van der Waals surface area contributed by atoms with Gasteiger partial charge in [0.15, 0.2) is 0 Å². The first kappa shape index (κ1) is 21.4. The van der Waals surface area contributed by atoms with Crippen LogP contribution in [0.25, 0.3) is 28.0 Å². The average Bonchev–Trinajstić information content (AvgIpc) is 3.42. The molecule has 0 aliphatic heterocycles. The van der Waals surface area contributed by atoms with Gasteiger partial charge in [0.05, 0.1) is 35.1 Å². The predicted octanol–water partition coefficient (Wildman–Crippen LogP) is 5.26. The highest BCUT2D eigenvalue weighted by Crippen LogP contribution is 2.32. The van der Waals surface area contributed by atoms with Gasteiger partial charge in [0.25, 0.3) is 11.6 Å². The van der Waals surface area contributed by atoms with Gasteiger partial charge in [-0.05, 0) is 51.1 Å². The number of pyridine rings is 1. The van der Waals surface area contributed by atoms with Crippen molar-refractivity contribution in [3.8, 4) is 22.7 Å². The molecule has 0 unspecified atom stereocenters. The van der Waals surface area contributed by atoms with E-state index < -0.39 is 0 Å². The van der Waals surface area contributed by atoms with Crippen LogP contribution in [-0.2, 0) is 0 Å². The number of carbonyl (C=O) groups is 1. The Bertz CT molecular complexity index is 1520. The van der Waals surface area contributed by atoms with E-state index in [1.165, 1.54) is 0 Å². The van der Waals surface area contributed by atoms with Crippen molar-refractivity contribution in [1.29, 1.82) is 0 Å². The van der Waals surface area contributed by atoms with Gasteiger partial charge in [-0.25, -0.2) is 9.67 Å². The van der Waals surface area contributed by atoms with E-state index in [9.17, 15) is 4.79 Å². The molecule has 0 atom stereocenters. The van der Waals surface area contributed by atoms with E-state index in [0.717, 1.165) is 16.8 Å². The smallest absolute Gasteiger partial charge is 0.258 e. The number of hydrogen-bond acceptors (Lipinski definition) is 6. The Morgan fingerprint density at radius 2 is 1.79 bits per heavy atom. The van der Waals surface area contributed by atoms with Gasteiger partial charge in [0, 0.05) is 17.3 Å². The molecule has 34 heavy (non-hydrogen) atoms. The lowest BCUT2D eigenvalue weighted by molar-refractivity contribution is 0.102. The molecule has 0 aliphatic carbocycles. The summed E-state index contributed by atoms with van der Waals surface area (Å²) < 4.78 is 12.5. The maximum atomic E-state index is 13.5. The van der Waals surface area contributed by atoms with Crippen LogP contribution in [0.2, 0.25) is 0 Å². The number of ether oxygens (including phenoxy) is 1. The number of fused-ring (bicyclic) bond motifs is 1. The normalized spacial score (nSPS) is 11.1. The average molecular weight is 454 g/mol. The molecule has 1 N–H and O–H groups in total. The second-order valence-corrected chi connectivity index (χ2v) is 8.08. The molecule has 2 aromatic carbocycles. The number of nitrogens with zero attached hydrogens (tertiary/aromatic N) is 4. The SMILES string of the molecule is COc1ccccc1-c1cc(NC(=O)c2cc(C)nc3onc(C)c23)n(-c2ccc(C)cc2)n1. The molecule has 1 amide bonds. The Hall–Kier alpha value is -4.46. The van der Waals surface area contributed by atoms with Crippen LogP contribution in [-0.4, -0.2) is 32.9 Å². The first-order valence-electron chi connectivity index (χ1n) is 10.8. The minimum atomic E-state index is -0.304. The molecule has 0 aliphatic rings. The summed E-state index contributed by atoms with van der Waals surface area (Å²) in [5, 5.41) is 12.4. The Morgan fingerprint density at radius 1 is 1.03 bits per heavy atom. The number of nitrogens with one attached hydrogen (secondary N) is 1. The quantitative estimate of drug-likeness (QED) is 0.390. The van der Waals surface area contributed by atoms with Crippen molar-refractivity contribution in [2.24, 2.45) is 0 Å². The molecule has 8 nitrogen and oxygen atoms in total. The topological polar surface area (TPSA) is 95.1 Å². The van der Waals surface area contributed by atoms with Crippen molar-refractivity contribution in [2.45, 2.75) is 20.8 Å². The highest BCUT2D eigenvalue weighted by atomic mass is 16.5. The molecule has 170 valence electrons. The maximum Gasteiger partial charge on any atom is 0.258 e. The zero-order valence-corrected chi connectivity index (χ0v) is 19.3. The number of aromatic nitrogens is 4. The van der Waals surface area contributed by atoms with Gasteiger partial charge in [-0.3, -0.25) is 4.79 Å². The Kier molecular flexibility index (Phi) is 5.33. The van der Waals surface area contributed by atoms with Crippen LogP contribution in [0.1, 0.15) is 27.3 Å². The van der Waals surface area contributed by atoms with E-state index >= 15 is 0 Å². The summed E-state index contributed by atoms with van der Waals surface area (Å²) >= 11 is 0. The zero-order valence-electron chi connectivity index (χ0n) is 19.3. The second kappa shape index (κ2) is 8.47. The van der Waals surface area contributed by atoms with Crippen LogP contribution in [0.4, 0.5) is 5.82 Å². The van der Waals surface area contributed by atoms with Gasteiger partial charge in [-0.1, -0.05) is 35.0 Å². The Balaban J connectivity index is 1.62.